The van der Waals surface area contributed by atoms with Crippen LogP contribution in [0.4, 0.5) is 0 Å². The molecule has 2 aromatic rings. The Balaban J connectivity index is 2.48. The lowest BCUT2D eigenvalue weighted by Crippen LogP contribution is -2.12. The predicted octanol–water partition coefficient (Wildman–Crippen LogP) is 3.86. The third kappa shape index (κ3) is 2.63. The first-order chi connectivity index (χ1) is 8.09. The molecule has 3 N–H and O–H groups in total. The van der Waals surface area contributed by atoms with Crippen LogP contribution in [0.3, 0.4) is 0 Å². The largest absolute Gasteiger partial charge is 0.506 e. The molecule has 0 radical (unpaired) electrons. The first-order valence-corrected chi connectivity index (χ1v) is 6.25. The number of hydrogen-bond acceptors (Lipinski definition) is 2. The van der Waals surface area contributed by atoms with Gasteiger partial charge in [-0.3, -0.25) is 0 Å². The normalized spacial score (nSPS) is 12.4. The molecule has 2 aromatic carbocycles. The Morgan fingerprint density at radius 1 is 1.18 bits per heavy atom. The summed E-state index contributed by atoms with van der Waals surface area (Å²) in [6, 6.07) is 12.6. The number of halogens is 2. The minimum absolute atomic E-state index is 0.0335. The molecular weight excluding hydrogens is 302 g/mol. The van der Waals surface area contributed by atoms with E-state index in [-0.39, 0.29) is 5.75 Å². The average molecular weight is 313 g/mol. The van der Waals surface area contributed by atoms with Crippen LogP contribution in [0.5, 0.6) is 5.75 Å². The maximum atomic E-state index is 9.92. The number of rotatable bonds is 2. The number of benzene rings is 2. The average Bonchev–Trinajstić information content (AvgIpc) is 2.34. The van der Waals surface area contributed by atoms with E-state index in [9.17, 15) is 5.11 Å². The third-order valence-corrected chi connectivity index (χ3v) is 3.30. The fourth-order valence-electron chi connectivity index (χ4n) is 1.66. The Hall–Kier alpha value is -1.03. The fraction of sp³-hybridized carbons (Fsp3) is 0.0769. The molecule has 0 aromatic heterocycles. The Bertz CT molecular complexity index is 530. The van der Waals surface area contributed by atoms with Crippen molar-refractivity contribution in [3.63, 3.8) is 0 Å². The molecule has 0 aliphatic rings. The van der Waals surface area contributed by atoms with Crippen molar-refractivity contribution >= 4 is 27.5 Å². The minimum Gasteiger partial charge on any atom is -0.506 e. The molecule has 1 atom stereocenters. The van der Waals surface area contributed by atoms with Crippen molar-refractivity contribution in [3.05, 3.63) is 63.1 Å². The number of phenolic OH excluding ortho intramolecular Hbond substituents is 1. The van der Waals surface area contributed by atoms with Gasteiger partial charge in [0.25, 0.3) is 0 Å². The highest BCUT2D eigenvalue weighted by Gasteiger charge is 2.16. The first-order valence-electron chi connectivity index (χ1n) is 5.08. The SMILES string of the molecule is NC(c1ccccc1)c1cc(Br)cc(Cl)c1O. The van der Waals surface area contributed by atoms with Gasteiger partial charge < -0.3 is 10.8 Å². The molecule has 2 nitrogen and oxygen atoms in total. The highest BCUT2D eigenvalue weighted by atomic mass is 79.9. The van der Waals surface area contributed by atoms with Crippen LogP contribution in [0.1, 0.15) is 17.2 Å². The first kappa shape index (κ1) is 12.4. The highest BCUT2D eigenvalue weighted by Crippen LogP contribution is 2.36. The maximum Gasteiger partial charge on any atom is 0.139 e. The molecule has 0 aliphatic carbocycles. The quantitative estimate of drug-likeness (QED) is 0.884. The van der Waals surface area contributed by atoms with Crippen molar-refractivity contribution in [2.75, 3.05) is 0 Å². The lowest BCUT2D eigenvalue weighted by atomic mass is 9.99. The van der Waals surface area contributed by atoms with E-state index in [0.717, 1.165) is 10.0 Å². The second-order valence-corrected chi connectivity index (χ2v) is 5.04. The lowest BCUT2D eigenvalue weighted by molar-refractivity contribution is 0.465. The van der Waals surface area contributed by atoms with Gasteiger partial charge in [0.05, 0.1) is 11.1 Å². The topological polar surface area (TPSA) is 46.2 Å². The summed E-state index contributed by atoms with van der Waals surface area (Å²) in [6.45, 7) is 0. The number of phenols is 1. The van der Waals surface area contributed by atoms with Gasteiger partial charge in [0.2, 0.25) is 0 Å². The monoisotopic (exact) mass is 311 g/mol. The van der Waals surface area contributed by atoms with Crippen LogP contribution in [-0.2, 0) is 0 Å². The zero-order valence-electron chi connectivity index (χ0n) is 8.90. The molecule has 4 heteroatoms. The molecule has 0 saturated heterocycles. The van der Waals surface area contributed by atoms with E-state index in [0.29, 0.717) is 10.6 Å². The highest BCUT2D eigenvalue weighted by molar-refractivity contribution is 9.10. The molecule has 0 amide bonds. The van der Waals surface area contributed by atoms with E-state index in [1.54, 1.807) is 12.1 Å². The van der Waals surface area contributed by atoms with Gasteiger partial charge in [0, 0.05) is 10.0 Å². The van der Waals surface area contributed by atoms with Crippen LogP contribution < -0.4 is 5.73 Å². The molecule has 0 bridgehead atoms. The van der Waals surface area contributed by atoms with Crippen LogP contribution in [0, 0.1) is 0 Å². The van der Waals surface area contributed by atoms with Crippen molar-refractivity contribution < 1.29 is 5.11 Å². The number of aromatic hydroxyl groups is 1. The molecule has 1 unspecified atom stereocenters. The Morgan fingerprint density at radius 2 is 1.82 bits per heavy atom. The molecule has 0 aliphatic heterocycles. The zero-order chi connectivity index (χ0) is 12.4. The van der Waals surface area contributed by atoms with Crippen molar-refractivity contribution in [2.45, 2.75) is 6.04 Å². The van der Waals surface area contributed by atoms with E-state index in [1.165, 1.54) is 0 Å². The molecule has 0 spiro atoms. The standard InChI is InChI=1S/C13H11BrClNO/c14-9-6-10(13(17)11(15)7-9)12(16)8-4-2-1-3-5-8/h1-7,12,17H,16H2. The molecule has 88 valence electrons. The second-order valence-electron chi connectivity index (χ2n) is 3.71. The summed E-state index contributed by atoms with van der Waals surface area (Å²) >= 11 is 9.25. The summed E-state index contributed by atoms with van der Waals surface area (Å²) < 4.78 is 0.793. The van der Waals surface area contributed by atoms with Crippen molar-refractivity contribution in [1.82, 2.24) is 0 Å². The Labute approximate surface area is 113 Å². The molecule has 0 fully saturated rings. The van der Waals surface area contributed by atoms with Crippen molar-refractivity contribution in [2.24, 2.45) is 5.73 Å². The number of hydrogen-bond donors (Lipinski definition) is 2. The van der Waals surface area contributed by atoms with Gasteiger partial charge in [-0.15, -0.1) is 0 Å². The van der Waals surface area contributed by atoms with Crippen molar-refractivity contribution in [3.8, 4) is 5.75 Å². The van der Waals surface area contributed by atoms with Crippen LogP contribution in [-0.4, -0.2) is 5.11 Å². The minimum atomic E-state index is -0.397. The molecule has 2 rings (SSSR count). The Morgan fingerprint density at radius 3 is 2.47 bits per heavy atom. The van der Waals surface area contributed by atoms with Crippen LogP contribution in [0.2, 0.25) is 5.02 Å². The fourth-order valence-corrected chi connectivity index (χ4v) is 2.50. The van der Waals surface area contributed by atoms with Crippen LogP contribution in [0.15, 0.2) is 46.9 Å². The van der Waals surface area contributed by atoms with Crippen LogP contribution in [0.25, 0.3) is 0 Å². The van der Waals surface area contributed by atoms with E-state index in [1.807, 2.05) is 30.3 Å². The van der Waals surface area contributed by atoms with Gasteiger partial charge >= 0.3 is 0 Å². The number of nitrogens with two attached hydrogens (primary N) is 1. The van der Waals surface area contributed by atoms with E-state index >= 15 is 0 Å². The molecule has 0 saturated carbocycles. The molecule has 0 heterocycles. The summed E-state index contributed by atoms with van der Waals surface area (Å²) in [5, 5.41) is 10.2. The van der Waals surface area contributed by atoms with Crippen LogP contribution >= 0.6 is 27.5 Å². The van der Waals surface area contributed by atoms with Gasteiger partial charge in [-0.25, -0.2) is 0 Å². The zero-order valence-corrected chi connectivity index (χ0v) is 11.2. The van der Waals surface area contributed by atoms with Gasteiger partial charge in [-0.2, -0.15) is 0 Å². The maximum absolute atomic E-state index is 9.92. The third-order valence-electron chi connectivity index (χ3n) is 2.55. The summed E-state index contributed by atoms with van der Waals surface area (Å²) in [7, 11) is 0. The van der Waals surface area contributed by atoms with Gasteiger partial charge in [0.15, 0.2) is 0 Å². The Kier molecular flexibility index (Phi) is 3.72. The predicted molar refractivity (Wildman–Crippen MR) is 73.3 cm³/mol. The summed E-state index contributed by atoms with van der Waals surface area (Å²) in [4.78, 5) is 0. The summed E-state index contributed by atoms with van der Waals surface area (Å²) in [6.07, 6.45) is 0. The molecule has 17 heavy (non-hydrogen) atoms. The van der Waals surface area contributed by atoms with Crippen molar-refractivity contribution in [1.29, 1.82) is 0 Å². The lowest BCUT2D eigenvalue weighted by Gasteiger charge is -2.15. The van der Waals surface area contributed by atoms with Gasteiger partial charge in [-0.1, -0.05) is 57.9 Å². The smallest absolute Gasteiger partial charge is 0.139 e. The summed E-state index contributed by atoms with van der Waals surface area (Å²) in [5.41, 5.74) is 7.65. The van der Waals surface area contributed by atoms with E-state index in [4.69, 9.17) is 17.3 Å². The second kappa shape index (κ2) is 5.08. The molecular formula is C13H11BrClNO. The van der Waals surface area contributed by atoms with E-state index in [2.05, 4.69) is 15.9 Å². The van der Waals surface area contributed by atoms with Gasteiger partial charge in [-0.05, 0) is 17.7 Å². The summed E-state index contributed by atoms with van der Waals surface area (Å²) in [5.74, 6) is 0.0335. The van der Waals surface area contributed by atoms with Gasteiger partial charge in [0.1, 0.15) is 5.75 Å². The van der Waals surface area contributed by atoms with E-state index < -0.39 is 6.04 Å².